The first-order valence-corrected chi connectivity index (χ1v) is 7.10. The highest BCUT2D eigenvalue weighted by Crippen LogP contribution is 2.43. The van der Waals surface area contributed by atoms with E-state index < -0.39 is 49.0 Å². The molecule has 0 aromatic heterocycles. The van der Waals surface area contributed by atoms with Crippen molar-refractivity contribution < 1.29 is 44.8 Å². The van der Waals surface area contributed by atoms with Crippen molar-refractivity contribution in [3.63, 3.8) is 0 Å². The van der Waals surface area contributed by atoms with E-state index in [1.807, 2.05) is 0 Å². The van der Waals surface area contributed by atoms with Crippen LogP contribution in [0.25, 0.3) is 0 Å². The number of ether oxygens (including phenoxy) is 2. The molecule has 0 aliphatic heterocycles. The average molecular weight is 372 g/mol. The van der Waals surface area contributed by atoms with Crippen LogP contribution >= 0.6 is 10.7 Å². The van der Waals surface area contributed by atoms with Crippen LogP contribution in [-0.4, -0.2) is 26.3 Å². The molecule has 14 heteroatoms. The smallest absolute Gasteiger partial charge is 0.431 e. The maximum Gasteiger partial charge on any atom is 0.573 e. The number of alkyl halides is 5. The molecule has 0 atom stereocenters. The van der Waals surface area contributed by atoms with Crippen LogP contribution in [-0.2, 0) is 9.05 Å². The standard InChI is InChI=1S/C8H3ClF5NO6S/c9-22(18,19)5-2-3(15(16)17)1-4(20-7(10)11)6(5)21-8(12,13)14/h1-2,7H. The average Bonchev–Trinajstić information content (AvgIpc) is 2.26. The first kappa shape index (κ1) is 18.2. The number of halogens is 6. The molecule has 0 heterocycles. The molecule has 0 bridgehead atoms. The van der Waals surface area contributed by atoms with E-state index >= 15 is 0 Å². The summed E-state index contributed by atoms with van der Waals surface area (Å²) in [6, 6.07) is 0.251. The van der Waals surface area contributed by atoms with E-state index in [1.165, 1.54) is 0 Å². The Morgan fingerprint density at radius 2 is 1.82 bits per heavy atom. The van der Waals surface area contributed by atoms with Gasteiger partial charge in [0.15, 0.2) is 11.5 Å². The minimum absolute atomic E-state index is 0.113. The van der Waals surface area contributed by atoms with Crippen LogP contribution in [0.2, 0.25) is 0 Å². The van der Waals surface area contributed by atoms with Crippen molar-refractivity contribution in [3.8, 4) is 11.5 Å². The van der Waals surface area contributed by atoms with Gasteiger partial charge in [0, 0.05) is 16.7 Å². The molecule has 0 radical (unpaired) electrons. The molecule has 0 fully saturated rings. The van der Waals surface area contributed by atoms with Crippen LogP contribution in [0.4, 0.5) is 27.6 Å². The summed E-state index contributed by atoms with van der Waals surface area (Å²) in [6.07, 6.45) is -5.49. The quantitative estimate of drug-likeness (QED) is 0.342. The number of nitro groups is 1. The Morgan fingerprint density at radius 1 is 1.27 bits per heavy atom. The molecule has 124 valence electrons. The van der Waals surface area contributed by atoms with Crippen molar-refractivity contribution in [2.24, 2.45) is 0 Å². The topological polar surface area (TPSA) is 95.7 Å². The lowest BCUT2D eigenvalue weighted by molar-refractivity contribution is -0.385. The predicted octanol–water partition coefficient (Wildman–Crippen LogP) is 3.02. The Hall–Kier alpha value is -1.89. The monoisotopic (exact) mass is 371 g/mol. The summed E-state index contributed by atoms with van der Waals surface area (Å²) in [4.78, 5) is 7.78. The second-order valence-electron chi connectivity index (χ2n) is 3.39. The fourth-order valence-corrected chi connectivity index (χ4v) is 2.22. The fraction of sp³-hybridized carbons (Fsp3) is 0.250. The van der Waals surface area contributed by atoms with Gasteiger partial charge in [0.2, 0.25) is 0 Å². The van der Waals surface area contributed by atoms with Gasteiger partial charge in [-0.1, -0.05) is 0 Å². The van der Waals surface area contributed by atoms with Gasteiger partial charge in [0.25, 0.3) is 14.7 Å². The molecular formula is C8H3ClF5NO6S. The van der Waals surface area contributed by atoms with E-state index in [0.717, 1.165) is 0 Å². The van der Waals surface area contributed by atoms with Crippen molar-refractivity contribution in [1.82, 2.24) is 0 Å². The molecule has 7 nitrogen and oxygen atoms in total. The summed E-state index contributed by atoms with van der Waals surface area (Å²) in [5, 5.41) is 10.6. The van der Waals surface area contributed by atoms with Gasteiger partial charge in [0.05, 0.1) is 11.0 Å². The van der Waals surface area contributed by atoms with Crippen LogP contribution in [0.1, 0.15) is 0 Å². The molecule has 0 saturated heterocycles. The van der Waals surface area contributed by atoms with Crippen molar-refractivity contribution >= 4 is 25.4 Å². The van der Waals surface area contributed by atoms with E-state index in [4.69, 9.17) is 10.7 Å². The lowest BCUT2D eigenvalue weighted by Gasteiger charge is -2.15. The summed E-state index contributed by atoms with van der Waals surface area (Å²) in [6.45, 7) is -3.71. The molecule has 0 aliphatic carbocycles. The van der Waals surface area contributed by atoms with E-state index in [-0.39, 0.29) is 12.1 Å². The van der Waals surface area contributed by atoms with Gasteiger partial charge >= 0.3 is 13.0 Å². The Balaban J connectivity index is 3.69. The van der Waals surface area contributed by atoms with E-state index in [2.05, 4.69) is 9.47 Å². The van der Waals surface area contributed by atoms with Crippen molar-refractivity contribution in [2.45, 2.75) is 17.9 Å². The Bertz CT molecular complexity index is 691. The zero-order valence-electron chi connectivity index (χ0n) is 9.80. The van der Waals surface area contributed by atoms with Crippen LogP contribution < -0.4 is 9.47 Å². The molecule has 0 saturated carbocycles. The predicted molar refractivity (Wildman–Crippen MR) is 59.5 cm³/mol. The summed E-state index contributed by atoms with van der Waals surface area (Å²) in [7, 11) is -0.165. The first-order valence-electron chi connectivity index (χ1n) is 4.79. The number of nitrogens with zero attached hydrogens (tertiary/aromatic N) is 1. The summed E-state index contributed by atoms with van der Waals surface area (Å²) >= 11 is 0. The molecule has 0 spiro atoms. The second kappa shape index (κ2) is 6.08. The van der Waals surface area contributed by atoms with Crippen LogP contribution in [0.15, 0.2) is 17.0 Å². The van der Waals surface area contributed by atoms with Crippen LogP contribution in [0, 0.1) is 10.1 Å². The van der Waals surface area contributed by atoms with E-state index in [1.54, 1.807) is 0 Å². The number of benzene rings is 1. The van der Waals surface area contributed by atoms with Crippen molar-refractivity contribution in [1.29, 1.82) is 0 Å². The van der Waals surface area contributed by atoms with Gasteiger partial charge in [-0.3, -0.25) is 10.1 Å². The zero-order chi connectivity index (χ0) is 17.3. The molecule has 1 aromatic rings. The molecule has 22 heavy (non-hydrogen) atoms. The Labute approximate surface area is 122 Å². The minimum Gasteiger partial charge on any atom is -0.431 e. The van der Waals surface area contributed by atoms with Crippen LogP contribution in [0.5, 0.6) is 11.5 Å². The SMILES string of the molecule is O=[N+]([O-])c1cc(OC(F)F)c(OC(F)(F)F)c(S(=O)(=O)Cl)c1. The Morgan fingerprint density at radius 3 is 2.18 bits per heavy atom. The molecule has 0 unspecified atom stereocenters. The van der Waals surface area contributed by atoms with Crippen molar-refractivity contribution in [3.05, 3.63) is 22.2 Å². The zero-order valence-corrected chi connectivity index (χ0v) is 11.4. The number of non-ortho nitro benzene ring substituents is 1. The largest absolute Gasteiger partial charge is 0.573 e. The number of hydrogen-bond acceptors (Lipinski definition) is 6. The third-order valence-corrected chi connectivity index (χ3v) is 3.24. The van der Waals surface area contributed by atoms with Gasteiger partial charge in [-0.05, 0) is 0 Å². The number of nitro benzene ring substituents is 1. The highest BCUT2D eigenvalue weighted by atomic mass is 35.7. The lowest BCUT2D eigenvalue weighted by Crippen LogP contribution is -2.20. The summed E-state index contributed by atoms with van der Waals surface area (Å²) in [5.41, 5.74) is -1.15. The molecule has 1 rings (SSSR count). The van der Waals surface area contributed by atoms with Gasteiger partial charge in [-0.2, -0.15) is 8.78 Å². The fourth-order valence-electron chi connectivity index (χ4n) is 1.25. The number of hydrogen-bond donors (Lipinski definition) is 0. The highest BCUT2D eigenvalue weighted by Gasteiger charge is 2.37. The third kappa shape index (κ3) is 4.84. The van der Waals surface area contributed by atoms with Crippen LogP contribution in [0.3, 0.4) is 0 Å². The van der Waals surface area contributed by atoms with Crippen molar-refractivity contribution in [2.75, 3.05) is 0 Å². The normalized spacial score (nSPS) is 12.3. The first-order chi connectivity index (χ1) is 9.81. The Kier molecular flexibility index (Phi) is 5.02. The molecule has 0 aliphatic rings. The summed E-state index contributed by atoms with van der Waals surface area (Å²) in [5.74, 6) is -3.26. The van der Waals surface area contributed by atoms with E-state index in [9.17, 15) is 40.5 Å². The van der Waals surface area contributed by atoms with Gasteiger partial charge in [-0.25, -0.2) is 8.42 Å². The van der Waals surface area contributed by atoms with E-state index in [0.29, 0.717) is 0 Å². The number of rotatable bonds is 5. The molecule has 0 amide bonds. The summed E-state index contributed by atoms with van der Waals surface area (Å²) < 4.78 is 90.4. The third-order valence-electron chi connectivity index (χ3n) is 1.91. The van der Waals surface area contributed by atoms with Gasteiger partial charge < -0.3 is 9.47 Å². The molecule has 0 N–H and O–H groups in total. The highest BCUT2D eigenvalue weighted by molar-refractivity contribution is 8.13. The maximum atomic E-state index is 12.2. The minimum atomic E-state index is -5.49. The van der Waals surface area contributed by atoms with Gasteiger partial charge in [0.1, 0.15) is 4.90 Å². The molecule has 1 aromatic carbocycles. The second-order valence-corrected chi connectivity index (χ2v) is 5.93. The molecular weight excluding hydrogens is 369 g/mol. The lowest BCUT2D eigenvalue weighted by atomic mass is 10.3. The maximum absolute atomic E-state index is 12.2. The van der Waals surface area contributed by atoms with Gasteiger partial charge in [-0.15, -0.1) is 13.2 Å².